The van der Waals surface area contributed by atoms with E-state index in [0.717, 1.165) is 0 Å². The maximum absolute atomic E-state index is 12.8. The Hall–Kier alpha value is -1.93. The van der Waals surface area contributed by atoms with Crippen LogP contribution in [-0.4, -0.2) is 60.8 Å². The highest BCUT2D eigenvalue weighted by atomic mass is 32.2. The zero-order valence-electron chi connectivity index (χ0n) is 15.4. The Bertz CT molecular complexity index is 774. The molecule has 1 N–H and O–H groups in total. The molecule has 2 rings (SSSR count). The molecule has 2 atom stereocenters. The average Bonchev–Trinajstić information content (AvgIpc) is 2.61. The lowest BCUT2D eigenvalue weighted by Crippen LogP contribution is -2.45. The third-order valence-electron chi connectivity index (χ3n) is 4.72. The molecule has 1 aliphatic heterocycles. The van der Waals surface area contributed by atoms with Gasteiger partial charge in [-0.05, 0) is 30.5 Å². The van der Waals surface area contributed by atoms with E-state index in [2.05, 4.69) is 0 Å². The highest BCUT2D eigenvalue weighted by molar-refractivity contribution is 7.89. The van der Waals surface area contributed by atoms with E-state index in [4.69, 9.17) is 0 Å². The lowest BCUT2D eigenvalue weighted by molar-refractivity contribution is -0.143. The van der Waals surface area contributed by atoms with Crippen molar-refractivity contribution < 1.29 is 23.1 Å². The van der Waals surface area contributed by atoms with Crippen molar-refractivity contribution in [3.05, 3.63) is 29.8 Å². The van der Waals surface area contributed by atoms with Gasteiger partial charge in [-0.3, -0.25) is 9.59 Å². The number of benzene rings is 1. The number of hydrogen-bond acceptors (Lipinski definition) is 4. The summed E-state index contributed by atoms with van der Waals surface area (Å²) in [5.74, 6) is -1.76. The number of carbonyl (C=O) groups is 2. The zero-order valence-corrected chi connectivity index (χ0v) is 16.2. The van der Waals surface area contributed by atoms with Crippen LogP contribution in [-0.2, 0) is 14.8 Å². The van der Waals surface area contributed by atoms with Crippen molar-refractivity contribution in [3.8, 4) is 0 Å². The predicted octanol–water partition coefficient (Wildman–Crippen LogP) is 1.90. The summed E-state index contributed by atoms with van der Waals surface area (Å²) in [5.41, 5.74) is 0.261. The van der Waals surface area contributed by atoms with E-state index in [9.17, 15) is 23.1 Å². The van der Waals surface area contributed by atoms with Crippen molar-refractivity contribution in [3.63, 3.8) is 0 Å². The van der Waals surface area contributed by atoms with Crippen LogP contribution in [0.15, 0.2) is 29.2 Å². The van der Waals surface area contributed by atoms with Gasteiger partial charge in [0.1, 0.15) is 0 Å². The minimum atomic E-state index is -3.65. The molecule has 1 fully saturated rings. The predicted molar refractivity (Wildman–Crippen MR) is 97.4 cm³/mol. The van der Waals surface area contributed by atoms with Crippen molar-refractivity contribution in [2.75, 3.05) is 26.2 Å². The topological polar surface area (TPSA) is 95.0 Å². The summed E-state index contributed by atoms with van der Waals surface area (Å²) < 4.78 is 26.7. The number of sulfonamides is 1. The number of hydrogen-bond donors (Lipinski definition) is 1. The van der Waals surface area contributed by atoms with Crippen LogP contribution in [0.4, 0.5) is 0 Å². The molecule has 0 bridgehead atoms. The quantitative estimate of drug-likeness (QED) is 0.811. The molecule has 26 heavy (non-hydrogen) atoms. The normalized spacial score (nSPS) is 21.0. The van der Waals surface area contributed by atoms with Crippen LogP contribution < -0.4 is 0 Å². The average molecular weight is 382 g/mol. The zero-order chi connectivity index (χ0) is 19.5. The first kappa shape index (κ1) is 20.4. The number of carboxylic acids is 1. The van der Waals surface area contributed by atoms with Crippen LogP contribution in [0.2, 0.25) is 0 Å². The SMILES string of the molecule is CCN(CC)S(=O)(=O)c1cccc(C(=O)N2CC(C)CC(C(=O)O)C2)c1. The summed E-state index contributed by atoms with van der Waals surface area (Å²) in [7, 11) is -3.65. The lowest BCUT2D eigenvalue weighted by Gasteiger charge is -2.34. The van der Waals surface area contributed by atoms with Gasteiger partial charge in [0, 0.05) is 31.7 Å². The van der Waals surface area contributed by atoms with Gasteiger partial charge in [-0.2, -0.15) is 4.31 Å². The van der Waals surface area contributed by atoms with Gasteiger partial charge in [-0.25, -0.2) is 8.42 Å². The maximum Gasteiger partial charge on any atom is 0.308 e. The first-order valence-electron chi connectivity index (χ1n) is 8.83. The van der Waals surface area contributed by atoms with Gasteiger partial charge >= 0.3 is 5.97 Å². The van der Waals surface area contributed by atoms with Crippen LogP contribution in [0.1, 0.15) is 37.6 Å². The molecule has 1 saturated heterocycles. The molecule has 0 radical (unpaired) electrons. The van der Waals surface area contributed by atoms with E-state index < -0.39 is 21.9 Å². The number of piperidine rings is 1. The highest BCUT2D eigenvalue weighted by Crippen LogP contribution is 2.24. The monoisotopic (exact) mass is 382 g/mol. The summed E-state index contributed by atoms with van der Waals surface area (Å²) in [6.07, 6.45) is 0.537. The summed E-state index contributed by atoms with van der Waals surface area (Å²) in [6, 6.07) is 5.97. The molecule has 144 valence electrons. The van der Waals surface area contributed by atoms with Gasteiger partial charge in [-0.1, -0.05) is 26.8 Å². The number of amides is 1. The fraction of sp³-hybridized carbons (Fsp3) is 0.556. The molecule has 0 saturated carbocycles. The molecular formula is C18H26N2O5S. The summed E-state index contributed by atoms with van der Waals surface area (Å²) >= 11 is 0. The fourth-order valence-corrected chi connectivity index (χ4v) is 4.89. The molecular weight excluding hydrogens is 356 g/mol. The molecule has 8 heteroatoms. The van der Waals surface area contributed by atoms with Crippen molar-refractivity contribution in [1.29, 1.82) is 0 Å². The molecule has 2 unspecified atom stereocenters. The highest BCUT2D eigenvalue weighted by Gasteiger charge is 2.32. The largest absolute Gasteiger partial charge is 0.481 e. The minimum Gasteiger partial charge on any atom is -0.481 e. The van der Waals surface area contributed by atoms with Gasteiger partial charge in [-0.15, -0.1) is 0 Å². The number of carbonyl (C=O) groups excluding carboxylic acids is 1. The number of aliphatic carboxylic acids is 1. The van der Waals surface area contributed by atoms with E-state index in [1.165, 1.54) is 21.3 Å². The van der Waals surface area contributed by atoms with Crippen LogP contribution in [0, 0.1) is 11.8 Å². The molecule has 1 aromatic carbocycles. The van der Waals surface area contributed by atoms with Gasteiger partial charge in [0.05, 0.1) is 10.8 Å². The van der Waals surface area contributed by atoms with Crippen LogP contribution in [0.5, 0.6) is 0 Å². The third kappa shape index (κ3) is 4.24. The second kappa shape index (κ2) is 8.18. The standard InChI is InChI=1S/C18H26N2O5S/c1-4-20(5-2)26(24,25)16-8-6-7-14(10-16)17(21)19-11-13(3)9-15(12-19)18(22)23/h6-8,10,13,15H,4-5,9,11-12H2,1-3H3,(H,22,23). The first-order chi connectivity index (χ1) is 12.2. The molecule has 1 aromatic rings. The van der Waals surface area contributed by atoms with Crippen LogP contribution in [0.3, 0.4) is 0 Å². The van der Waals surface area contributed by atoms with Crippen molar-refractivity contribution in [2.24, 2.45) is 11.8 Å². The molecule has 1 amide bonds. The molecule has 1 aliphatic rings. The Morgan fingerprint density at radius 1 is 1.23 bits per heavy atom. The maximum atomic E-state index is 12.8. The molecule has 7 nitrogen and oxygen atoms in total. The summed E-state index contributed by atoms with van der Waals surface area (Å²) in [5, 5.41) is 9.27. The number of nitrogens with zero attached hydrogens (tertiary/aromatic N) is 2. The van der Waals surface area contributed by atoms with Crippen LogP contribution >= 0.6 is 0 Å². The Labute approximate surface area is 154 Å². The smallest absolute Gasteiger partial charge is 0.308 e. The number of likely N-dealkylation sites (tertiary alicyclic amines) is 1. The Morgan fingerprint density at radius 2 is 1.88 bits per heavy atom. The molecule has 0 spiro atoms. The van der Waals surface area contributed by atoms with Crippen molar-refractivity contribution in [1.82, 2.24) is 9.21 Å². The van der Waals surface area contributed by atoms with E-state index in [1.54, 1.807) is 26.0 Å². The Kier molecular flexibility index (Phi) is 6.41. The van der Waals surface area contributed by atoms with Crippen molar-refractivity contribution >= 4 is 21.9 Å². The second-order valence-corrected chi connectivity index (χ2v) is 8.64. The van der Waals surface area contributed by atoms with Gasteiger partial charge in [0.15, 0.2) is 0 Å². The fourth-order valence-electron chi connectivity index (χ4n) is 3.38. The first-order valence-corrected chi connectivity index (χ1v) is 10.3. The van der Waals surface area contributed by atoms with E-state index in [0.29, 0.717) is 26.1 Å². The minimum absolute atomic E-state index is 0.0758. The van der Waals surface area contributed by atoms with Gasteiger partial charge in [0.25, 0.3) is 5.91 Å². The molecule has 0 aromatic heterocycles. The Morgan fingerprint density at radius 3 is 2.46 bits per heavy atom. The molecule has 1 heterocycles. The van der Waals surface area contributed by atoms with Crippen LogP contribution in [0.25, 0.3) is 0 Å². The van der Waals surface area contributed by atoms with Gasteiger partial charge < -0.3 is 10.0 Å². The van der Waals surface area contributed by atoms with Gasteiger partial charge in [0.2, 0.25) is 10.0 Å². The Balaban J connectivity index is 2.29. The van der Waals surface area contributed by atoms with E-state index in [-0.39, 0.29) is 28.8 Å². The van der Waals surface area contributed by atoms with E-state index >= 15 is 0 Å². The third-order valence-corrected chi connectivity index (χ3v) is 6.77. The van der Waals surface area contributed by atoms with E-state index in [1.807, 2.05) is 6.92 Å². The summed E-state index contributed by atoms with van der Waals surface area (Å²) in [4.78, 5) is 25.7. The lowest BCUT2D eigenvalue weighted by atomic mass is 9.90. The molecule has 0 aliphatic carbocycles. The summed E-state index contributed by atoms with van der Waals surface area (Å²) in [6.45, 7) is 6.74. The van der Waals surface area contributed by atoms with Crippen molar-refractivity contribution in [2.45, 2.75) is 32.1 Å². The number of rotatable bonds is 6. The number of carboxylic acid groups (broad SMARTS) is 1. The second-order valence-electron chi connectivity index (χ2n) is 6.70.